The largest absolute Gasteiger partial charge is 0.375 e. The lowest BCUT2D eigenvalue weighted by atomic mass is 10.1. The van der Waals surface area contributed by atoms with Gasteiger partial charge in [-0.1, -0.05) is 37.3 Å². The highest BCUT2D eigenvalue weighted by atomic mass is 16.5. The maximum atomic E-state index is 12.3. The number of carbonyl (C=O) groups is 1. The van der Waals surface area contributed by atoms with Crippen LogP contribution in [-0.4, -0.2) is 42.6 Å². The molecule has 1 fully saturated rings. The van der Waals surface area contributed by atoms with E-state index in [1.165, 1.54) is 0 Å². The minimum Gasteiger partial charge on any atom is -0.375 e. The van der Waals surface area contributed by atoms with Crippen LogP contribution in [0.4, 0.5) is 0 Å². The highest BCUT2D eigenvalue weighted by Crippen LogP contribution is 2.11. The van der Waals surface area contributed by atoms with Crippen LogP contribution in [0.25, 0.3) is 0 Å². The van der Waals surface area contributed by atoms with Crippen molar-refractivity contribution in [1.82, 2.24) is 4.90 Å². The minimum absolute atomic E-state index is 0.0330. The number of ether oxygens (including phenoxy) is 1. The number of benzene rings is 1. The Morgan fingerprint density at radius 1 is 1.47 bits per heavy atom. The summed E-state index contributed by atoms with van der Waals surface area (Å²) in [5, 5.41) is 0. The summed E-state index contributed by atoms with van der Waals surface area (Å²) >= 11 is 0. The Kier molecular flexibility index (Phi) is 4.93. The molecule has 0 aliphatic carbocycles. The monoisotopic (exact) mass is 262 g/mol. The molecule has 0 bridgehead atoms. The van der Waals surface area contributed by atoms with Gasteiger partial charge in [0.1, 0.15) is 0 Å². The van der Waals surface area contributed by atoms with E-state index >= 15 is 0 Å². The van der Waals surface area contributed by atoms with Gasteiger partial charge in [0.15, 0.2) is 0 Å². The summed E-state index contributed by atoms with van der Waals surface area (Å²) in [5.41, 5.74) is 7.14. The molecule has 1 aliphatic rings. The molecule has 1 saturated heterocycles. The first kappa shape index (κ1) is 14.0. The summed E-state index contributed by atoms with van der Waals surface area (Å²) in [5.74, 6) is 0.0330. The number of amides is 1. The molecule has 1 aromatic carbocycles. The van der Waals surface area contributed by atoms with Crippen molar-refractivity contribution in [1.29, 1.82) is 0 Å². The summed E-state index contributed by atoms with van der Waals surface area (Å²) in [7, 11) is 0. The highest BCUT2D eigenvalue weighted by molar-refractivity contribution is 5.82. The second-order valence-corrected chi connectivity index (χ2v) is 4.98. The van der Waals surface area contributed by atoms with Crippen LogP contribution in [0.5, 0.6) is 0 Å². The standard InChI is InChI=1S/C15H22N2O2/c1-2-13-11-17(8-9-19-13)15(18)14(16)10-12-6-4-3-5-7-12/h3-7,13-14H,2,8-11,16H2,1H3/t13-,14+/m1/s1. The maximum Gasteiger partial charge on any atom is 0.239 e. The SMILES string of the molecule is CC[C@@H]1CN(C(=O)[C@@H](N)Cc2ccccc2)CCO1. The van der Waals surface area contributed by atoms with Gasteiger partial charge in [0.2, 0.25) is 5.91 Å². The van der Waals surface area contributed by atoms with Crippen LogP contribution in [0.2, 0.25) is 0 Å². The lowest BCUT2D eigenvalue weighted by Crippen LogP contribution is -2.51. The molecule has 1 aromatic rings. The molecule has 0 unspecified atom stereocenters. The van der Waals surface area contributed by atoms with Gasteiger partial charge in [-0.3, -0.25) is 4.79 Å². The molecule has 2 atom stereocenters. The van der Waals surface area contributed by atoms with Gasteiger partial charge in [-0.05, 0) is 18.4 Å². The average Bonchev–Trinajstić information content (AvgIpc) is 2.47. The van der Waals surface area contributed by atoms with Crippen LogP contribution in [0, 0.1) is 0 Å². The molecule has 1 amide bonds. The molecule has 0 aromatic heterocycles. The Balaban J connectivity index is 1.91. The van der Waals surface area contributed by atoms with Gasteiger partial charge in [0, 0.05) is 13.1 Å². The van der Waals surface area contributed by atoms with Gasteiger partial charge in [0.25, 0.3) is 0 Å². The molecule has 0 spiro atoms. The molecule has 2 N–H and O–H groups in total. The number of nitrogens with two attached hydrogens (primary N) is 1. The molecule has 2 rings (SSSR count). The van der Waals surface area contributed by atoms with E-state index in [1.54, 1.807) is 0 Å². The lowest BCUT2D eigenvalue weighted by Gasteiger charge is -2.34. The number of rotatable bonds is 4. The molecule has 19 heavy (non-hydrogen) atoms. The molecule has 1 heterocycles. The first-order valence-corrected chi connectivity index (χ1v) is 6.90. The third-order valence-corrected chi connectivity index (χ3v) is 3.52. The lowest BCUT2D eigenvalue weighted by molar-refractivity contribution is -0.140. The van der Waals surface area contributed by atoms with E-state index in [1.807, 2.05) is 35.2 Å². The maximum absolute atomic E-state index is 12.3. The van der Waals surface area contributed by atoms with Crippen molar-refractivity contribution in [3.8, 4) is 0 Å². The van der Waals surface area contributed by atoms with Crippen molar-refractivity contribution in [2.45, 2.75) is 31.9 Å². The van der Waals surface area contributed by atoms with E-state index in [9.17, 15) is 4.79 Å². The van der Waals surface area contributed by atoms with Gasteiger partial charge in [-0.15, -0.1) is 0 Å². The molecular weight excluding hydrogens is 240 g/mol. The topological polar surface area (TPSA) is 55.6 Å². The van der Waals surface area contributed by atoms with E-state index < -0.39 is 6.04 Å². The fraction of sp³-hybridized carbons (Fsp3) is 0.533. The van der Waals surface area contributed by atoms with E-state index in [4.69, 9.17) is 10.5 Å². The van der Waals surface area contributed by atoms with E-state index in [2.05, 4.69) is 6.92 Å². The Morgan fingerprint density at radius 3 is 2.89 bits per heavy atom. The molecule has 4 heteroatoms. The molecule has 1 aliphatic heterocycles. The summed E-state index contributed by atoms with van der Waals surface area (Å²) in [6.45, 7) is 4.00. The van der Waals surface area contributed by atoms with Crippen molar-refractivity contribution in [3.05, 3.63) is 35.9 Å². The molecule has 0 radical (unpaired) electrons. The van der Waals surface area contributed by atoms with Crippen LogP contribution in [-0.2, 0) is 16.0 Å². The third kappa shape index (κ3) is 3.78. The van der Waals surface area contributed by atoms with Crippen molar-refractivity contribution >= 4 is 5.91 Å². The Bertz CT molecular complexity index is 408. The molecule has 4 nitrogen and oxygen atoms in total. The number of hydrogen-bond acceptors (Lipinski definition) is 3. The zero-order valence-corrected chi connectivity index (χ0v) is 11.4. The fourth-order valence-corrected chi connectivity index (χ4v) is 2.36. The zero-order valence-electron chi connectivity index (χ0n) is 11.4. The summed E-state index contributed by atoms with van der Waals surface area (Å²) < 4.78 is 5.57. The zero-order chi connectivity index (χ0) is 13.7. The van der Waals surface area contributed by atoms with E-state index in [0.717, 1.165) is 12.0 Å². The van der Waals surface area contributed by atoms with Crippen molar-refractivity contribution < 1.29 is 9.53 Å². The van der Waals surface area contributed by atoms with Crippen molar-refractivity contribution in [2.24, 2.45) is 5.73 Å². The van der Waals surface area contributed by atoms with Crippen LogP contribution < -0.4 is 5.73 Å². The second-order valence-electron chi connectivity index (χ2n) is 4.98. The third-order valence-electron chi connectivity index (χ3n) is 3.52. The van der Waals surface area contributed by atoms with Crippen LogP contribution in [0.1, 0.15) is 18.9 Å². The predicted molar refractivity (Wildman–Crippen MR) is 74.7 cm³/mol. The number of morpholine rings is 1. The Labute approximate surface area is 114 Å². The van der Waals surface area contributed by atoms with E-state index in [-0.39, 0.29) is 12.0 Å². The Morgan fingerprint density at radius 2 is 2.21 bits per heavy atom. The molecule has 104 valence electrons. The molecular formula is C15H22N2O2. The quantitative estimate of drug-likeness (QED) is 0.887. The van der Waals surface area contributed by atoms with Crippen LogP contribution in [0.3, 0.4) is 0 Å². The van der Waals surface area contributed by atoms with Crippen LogP contribution in [0.15, 0.2) is 30.3 Å². The highest BCUT2D eigenvalue weighted by Gasteiger charge is 2.26. The van der Waals surface area contributed by atoms with Gasteiger partial charge in [0.05, 0.1) is 18.8 Å². The van der Waals surface area contributed by atoms with Gasteiger partial charge < -0.3 is 15.4 Å². The number of nitrogens with zero attached hydrogens (tertiary/aromatic N) is 1. The van der Waals surface area contributed by atoms with Crippen LogP contribution >= 0.6 is 0 Å². The van der Waals surface area contributed by atoms with Gasteiger partial charge in [-0.2, -0.15) is 0 Å². The van der Waals surface area contributed by atoms with Crippen molar-refractivity contribution in [2.75, 3.05) is 19.7 Å². The summed E-state index contributed by atoms with van der Waals surface area (Å²) in [4.78, 5) is 14.1. The average molecular weight is 262 g/mol. The number of carbonyl (C=O) groups excluding carboxylic acids is 1. The fourth-order valence-electron chi connectivity index (χ4n) is 2.36. The first-order valence-electron chi connectivity index (χ1n) is 6.90. The first-order chi connectivity index (χ1) is 9.20. The summed E-state index contributed by atoms with van der Waals surface area (Å²) in [6, 6.07) is 9.44. The smallest absolute Gasteiger partial charge is 0.239 e. The van der Waals surface area contributed by atoms with Gasteiger partial charge >= 0.3 is 0 Å². The Hall–Kier alpha value is -1.39. The summed E-state index contributed by atoms with van der Waals surface area (Å²) in [6.07, 6.45) is 1.67. The number of hydrogen-bond donors (Lipinski definition) is 1. The molecule has 0 saturated carbocycles. The van der Waals surface area contributed by atoms with Crippen molar-refractivity contribution in [3.63, 3.8) is 0 Å². The van der Waals surface area contributed by atoms with E-state index in [0.29, 0.717) is 26.1 Å². The predicted octanol–water partition coefficient (Wildman–Crippen LogP) is 1.19. The normalized spacial score (nSPS) is 21.2. The minimum atomic E-state index is -0.460. The van der Waals surface area contributed by atoms with Gasteiger partial charge in [-0.25, -0.2) is 0 Å². The second kappa shape index (κ2) is 6.68.